The zero-order valence-corrected chi connectivity index (χ0v) is 8.81. The van der Waals surface area contributed by atoms with Crippen molar-refractivity contribution >= 4 is 9.84 Å². The molecule has 5 heteroatoms. The summed E-state index contributed by atoms with van der Waals surface area (Å²) in [6.07, 6.45) is -1.45. The number of aliphatic hydroxyl groups excluding tert-OH is 2. The highest BCUT2D eigenvalue weighted by atomic mass is 32.2. The standard InChI is InChI=1S/C10H12O4S/c1-8(10(12)7-11)15(13,14)9-5-3-2-4-6-9/h2-6,10-12H,1,7H2. The van der Waals surface area contributed by atoms with Crippen LogP contribution in [0.2, 0.25) is 0 Å². The van der Waals surface area contributed by atoms with Gasteiger partial charge < -0.3 is 10.2 Å². The van der Waals surface area contributed by atoms with E-state index in [2.05, 4.69) is 6.58 Å². The van der Waals surface area contributed by atoms with E-state index in [1.165, 1.54) is 12.1 Å². The lowest BCUT2D eigenvalue weighted by Crippen LogP contribution is -2.21. The van der Waals surface area contributed by atoms with Gasteiger partial charge in [-0.25, -0.2) is 8.42 Å². The van der Waals surface area contributed by atoms with Crippen LogP contribution in [0.3, 0.4) is 0 Å². The Balaban J connectivity index is 3.10. The van der Waals surface area contributed by atoms with Crippen molar-refractivity contribution in [2.24, 2.45) is 0 Å². The van der Waals surface area contributed by atoms with Gasteiger partial charge in [-0.1, -0.05) is 24.8 Å². The SMILES string of the molecule is C=C(C(O)CO)S(=O)(=O)c1ccccc1. The molecule has 0 saturated carbocycles. The van der Waals surface area contributed by atoms with Crippen LogP contribution in [0.1, 0.15) is 0 Å². The van der Waals surface area contributed by atoms with Crippen molar-refractivity contribution in [2.75, 3.05) is 6.61 Å². The van der Waals surface area contributed by atoms with Gasteiger partial charge in [0.2, 0.25) is 9.84 Å². The topological polar surface area (TPSA) is 74.6 Å². The summed E-state index contributed by atoms with van der Waals surface area (Å²) in [5.41, 5.74) is 0. The minimum Gasteiger partial charge on any atom is -0.393 e. The van der Waals surface area contributed by atoms with Crippen molar-refractivity contribution < 1.29 is 18.6 Å². The number of hydrogen-bond donors (Lipinski definition) is 2. The molecule has 82 valence electrons. The highest BCUT2D eigenvalue weighted by Crippen LogP contribution is 2.19. The first-order chi connectivity index (χ1) is 7.00. The van der Waals surface area contributed by atoms with Crippen molar-refractivity contribution in [3.63, 3.8) is 0 Å². The molecule has 4 nitrogen and oxygen atoms in total. The second-order valence-corrected chi connectivity index (χ2v) is 4.98. The minimum atomic E-state index is -3.75. The van der Waals surface area contributed by atoms with Gasteiger partial charge in [0.05, 0.1) is 16.4 Å². The van der Waals surface area contributed by atoms with Gasteiger partial charge in [-0.05, 0) is 12.1 Å². The number of benzene rings is 1. The maximum Gasteiger partial charge on any atom is 0.204 e. The molecule has 0 amide bonds. The molecule has 0 aromatic heterocycles. The van der Waals surface area contributed by atoms with Crippen LogP contribution < -0.4 is 0 Å². The van der Waals surface area contributed by atoms with Gasteiger partial charge in [0.1, 0.15) is 6.10 Å². The molecular weight excluding hydrogens is 216 g/mol. The Morgan fingerprint density at radius 2 is 1.87 bits per heavy atom. The first kappa shape index (κ1) is 11.9. The van der Waals surface area contributed by atoms with Crippen LogP contribution in [0.25, 0.3) is 0 Å². The first-order valence-corrected chi connectivity index (χ1v) is 5.76. The van der Waals surface area contributed by atoms with Crippen molar-refractivity contribution in [3.05, 3.63) is 41.8 Å². The van der Waals surface area contributed by atoms with E-state index in [0.717, 1.165) is 0 Å². The predicted octanol–water partition coefficient (Wildman–Crippen LogP) is 0.327. The van der Waals surface area contributed by atoms with Crippen LogP contribution in [0, 0.1) is 0 Å². The van der Waals surface area contributed by atoms with Gasteiger partial charge in [-0.15, -0.1) is 0 Å². The van der Waals surface area contributed by atoms with Crippen LogP contribution in [0.4, 0.5) is 0 Å². The Labute approximate surface area is 88.4 Å². The number of aliphatic hydroxyl groups is 2. The average molecular weight is 228 g/mol. The quantitative estimate of drug-likeness (QED) is 0.778. The van der Waals surface area contributed by atoms with E-state index in [1.54, 1.807) is 18.2 Å². The molecule has 1 aromatic carbocycles. The summed E-state index contributed by atoms with van der Waals surface area (Å²) in [5.74, 6) is 0. The van der Waals surface area contributed by atoms with Crippen molar-refractivity contribution in [2.45, 2.75) is 11.0 Å². The smallest absolute Gasteiger partial charge is 0.204 e. The summed E-state index contributed by atoms with van der Waals surface area (Å²) in [6, 6.07) is 7.65. The lowest BCUT2D eigenvalue weighted by molar-refractivity contribution is 0.128. The third-order valence-corrected chi connectivity index (χ3v) is 3.80. The fourth-order valence-corrected chi connectivity index (χ4v) is 2.28. The molecular formula is C10H12O4S. The summed E-state index contributed by atoms with van der Waals surface area (Å²) in [6.45, 7) is 2.61. The molecule has 1 aromatic rings. The van der Waals surface area contributed by atoms with E-state index in [0.29, 0.717) is 0 Å². The Bertz CT molecular complexity index is 436. The predicted molar refractivity (Wildman–Crippen MR) is 55.9 cm³/mol. The zero-order valence-electron chi connectivity index (χ0n) is 8.00. The van der Waals surface area contributed by atoms with Crippen LogP contribution >= 0.6 is 0 Å². The summed E-state index contributed by atoms with van der Waals surface area (Å²) < 4.78 is 23.5. The summed E-state index contributed by atoms with van der Waals surface area (Å²) in [4.78, 5) is -0.335. The monoisotopic (exact) mass is 228 g/mol. The van der Waals surface area contributed by atoms with E-state index in [9.17, 15) is 13.5 Å². The van der Waals surface area contributed by atoms with Crippen LogP contribution in [-0.4, -0.2) is 31.3 Å². The normalized spacial score (nSPS) is 13.5. The van der Waals surface area contributed by atoms with Gasteiger partial charge in [-0.2, -0.15) is 0 Å². The largest absolute Gasteiger partial charge is 0.393 e. The molecule has 0 aliphatic heterocycles. The molecule has 1 rings (SSSR count). The first-order valence-electron chi connectivity index (χ1n) is 4.28. The van der Waals surface area contributed by atoms with E-state index < -0.39 is 27.5 Å². The Kier molecular flexibility index (Phi) is 3.62. The van der Waals surface area contributed by atoms with Gasteiger partial charge in [-0.3, -0.25) is 0 Å². The molecule has 0 saturated heterocycles. The van der Waals surface area contributed by atoms with Crippen molar-refractivity contribution in [1.82, 2.24) is 0 Å². The molecule has 0 aliphatic rings. The fourth-order valence-electron chi connectivity index (χ4n) is 1.03. The van der Waals surface area contributed by atoms with Crippen LogP contribution in [-0.2, 0) is 9.84 Å². The number of sulfone groups is 1. The second kappa shape index (κ2) is 4.57. The Morgan fingerprint density at radius 1 is 1.33 bits per heavy atom. The lowest BCUT2D eigenvalue weighted by atomic mass is 10.4. The van der Waals surface area contributed by atoms with E-state index in [-0.39, 0.29) is 4.90 Å². The molecule has 0 radical (unpaired) electrons. The summed E-state index contributed by atoms with van der Waals surface area (Å²) >= 11 is 0. The maximum absolute atomic E-state index is 11.8. The number of rotatable bonds is 4. The van der Waals surface area contributed by atoms with E-state index in [4.69, 9.17) is 5.11 Å². The van der Waals surface area contributed by atoms with Gasteiger partial charge in [0.15, 0.2) is 0 Å². The molecule has 0 fully saturated rings. The summed E-state index contributed by atoms with van der Waals surface area (Å²) in [5, 5.41) is 17.8. The molecule has 1 atom stereocenters. The number of hydrogen-bond acceptors (Lipinski definition) is 4. The van der Waals surface area contributed by atoms with Crippen molar-refractivity contribution in [3.8, 4) is 0 Å². The average Bonchev–Trinajstić information content (AvgIpc) is 2.28. The zero-order chi connectivity index (χ0) is 11.5. The highest BCUT2D eigenvalue weighted by Gasteiger charge is 2.23. The third kappa shape index (κ3) is 2.44. The summed E-state index contributed by atoms with van der Waals surface area (Å²) in [7, 11) is -3.75. The van der Waals surface area contributed by atoms with E-state index in [1.807, 2.05) is 0 Å². The minimum absolute atomic E-state index is 0.0579. The van der Waals surface area contributed by atoms with E-state index >= 15 is 0 Å². The van der Waals surface area contributed by atoms with Crippen LogP contribution in [0.5, 0.6) is 0 Å². The van der Waals surface area contributed by atoms with Gasteiger partial charge in [0.25, 0.3) is 0 Å². The van der Waals surface area contributed by atoms with Gasteiger partial charge in [0, 0.05) is 0 Å². The van der Waals surface area contributed by atoms with Crippen molar-refractivity contribution in [1.29, 1.82) is 0 Å². The van der Waals surface area contributed by atoms with Crippen LogP contribution in [0.15, 0.2) is 46.7 Å². The van der Waals surface area contributed by atoms with Gasteiger partial charge >= 0.3 is 0 Å². The maximum atomic E-state index is 11.8. The Morgan fingerprint density at radius 3 is 2.33 bits per heavy atom. The lowest BCUT2D eigenvalue weighted by Gasteiger charge is -2.11. The second-order valence-electron chi connectivity index (χ2n) is 2.98. The molecule has 15 heavy (non-hydrogen) atoms. The molecule has 0 spiro atoms. The molecule has 1 unspecified atom stereocenters. The fraction of sp³-hybridized carbons (Fsp3) is 0.200. The third-order valence-electron chi connectivity index (χ3n) is 1.94. The molecule has 0 heterocycles. The molecule has 2 N–H and O–H groups in total. The molecule has 0 bridgehead atoms. The molecule has 0 aliphatic carbocycles. The highest BCUT2D eigenvalue weighted by molar-refractivity contribution is 7.95. The Hall–Kier alpha value is -1.17.